The number of benzene rings is 1. The second-order valence-corrected chi connectivity index (χ2v) is 4.91. The Morgan fingerprint density at radius 1 is 1.32 bits per heavy atom. The molecule has 0 radical (unpaired) electrons. The number of carbonyl (C=O) groups excluding carboxylic acids is 1. The van der Waals surface area contributed by atoms with Crippen LogP contribution in [0.15, 0.2) is 29.1 Å². The van der Waals surface area contributed by atoms with Gasteiger partial charge in [-0.15, -0.1) is 0 Å². The maximum absolute atomic E-state index is 11.6. The summed E-state index contributed by atoms with van der Waals surface area (Å²) in [4.78, 5) is 23.1. The highest BCUT2D eigenvalue weighted by Crippen LogP contribution is 2.11. The Balaban J connectivity index is 2.15. The Morgan fingerprint density at radius 3 is 2.79 bits per heavy atom. The van der Waals surface area contributed by atoms with E-state index in [2.05, 4.69) is 31.4 Å². The normalized spacial score (nSPS) is 10.6. The molecule has 0 atom stereocenters. The van der Waals surface area contributed by atoms with Crippen LogP contribution in [0.3, 0.4) is 0 Å². The van der Waals surface area contributed by atoms with Crippen molar-refractivity contribution in [2.45, 2.75) is 19.4 Å². The number of fused-ring (bicyclic) bond motifs is 1. The molecule has 0 bridgehead atoms. The van der Waals surface area contributed by atoms with Crippen molar-refractivity contribution in [1.82, 2.24) is 15.5 Å². The summed E-state index contributed by atoms with van der Waals surface area (Å²) in [6.07, 6.45) is 1.28. The molecule has 0 spiro atoms. The fourth-order valence-corrected chi connectivity index (χ4v) is 2.08. The van der Waals surface area contributed by atoms with E-state index in [1.165, 1.54) is 0 Å². The summed E-state index contributed by atoms with van der Waals surface area (Å²) in [5.41, 5.74) is 0.451. The number of amides is 1. The largest absolute Gasteiger partial charge is 0.350 e. The quantitative estimate of drug-likeness (QED) is 0.822. The summed E-state index contributed by atoms with van der Waals surface area (Å²) < 4.78 is 0. The predicted molar refractivity (Wildman–Crippen MR) is 77.2 cm³/mol. The number of aromatic amines is 1. The summed E-state index contributed by atoms with van der Waals surface area (Å²) in [6.45, 7) is 0.318. The van der Waals surface area contributed by atoms with Crippen molar-refractivity contribution >= 4 is 32.6 Å². The van der Waals surface area contributed by atoms with Crippen molar-refractivity contribution in [3.05, 3.63) is 40.3 Å². The molecule has 1 amide bonds. The van der Waals surface area contributed by atoms with Crippen molar-refractivity contribution in [3.8, 4) is 0 Å². The van der Waals surface area contributed by atoms with Gasteiger partial charge in [0.1, 0.15) is 0 Å². The number of H-pyrrole nitrogens is 1. The molecule has 1 aromatic heterocycles. The standard InChI is InChI=1S/C13H14BrN3O2/c14-7-3-6-12(18)15-8-11-9-4-1-2-5-10(9)13(19)17-16-11/h1-2,4-5H,3,6-8H2,(H,15,18)(H,17,19). The lowest BCUT2D eigenvalue weighted by atomic mass is 10.1. The summed E-state index contributed by atoms with van der Waals surface area (Å²) in [6, 6.07) is 7.22. The van der Waals surface area contributed by atoms with Crippen LogP contribution >= 0.6 is 15.9 Å². The molecule has 0 aliphatic rings. The number of rotatable bonds is 5. The minimum Gasteiger partial charge on any atom is -0.350 e. The molecule has 19 heavy (non-hydrogen) atoms. The van der Waals surface area contributed by atoms with Crippen LogP contribution in [0.5, 0.6) is 0 Å². The summed E-state index contributed by atoms with van der Waals surface area (Å²) in [5, 5.41) is 11.4. The number of carbonyl (C=O) groups is 1. The van der Waals surface area contributed by atoms with E-state index in [0.717, 1.165) is 17.1 Å². The van der Waals surface area contributed by atoms with Crippen LogP contribution in [0.25, 0.3) is 10.8 Å². The highest BCUT2D eigenvalue weighted by atomic mass is 79.9. The lowest BCUT2D eigenvalue weighted by molar-refractivity contribution is -0.121. The van der Waals surface area contributed by atoms with Gasteiger partial charge in [-0.05, 0) is 12.5 Å². The van der Waals surface area contributed by atoms with Crippen molar-refractivity contribution in [3.63, 3.8) is 0 Å². The summed E-state index contributed by atoms with van der Waals surface area (Å²) >= 11 is 3.28. The van der Waals surface area contributed by atoms with Gasteiger partial charge in [-0.2, -0.15) is 5.10 Å². The molecular weight excluding hydrogens is 310 g/mol. The molecule has 2 aromatic rings. The van der Waals surface area contributed by atoms with Crippen LogP contribution in [0.1, 0.15) is 18.5 Å². The molecule has 5 nitrogen and oxygen atoms in total. The molecule has 0 aliphatic carbocycles. The maximum atomic E-state index is 11.6. The van der Waals surface area contributed by atoms with Gasteiger partial charge in [-0.3, -0.25) is 9.59 Å². The smallest absolute Gasteiger partial charge is 0.272 e. The van der Waals surface area contributed by atoms with Gasteiger partial charge in [0.25, 0.3) is 5.56 Å². The summed E-state index contributed by atoms with van der Waals surface area (Å²) in [5.74, 6) is -0.0171. The molecule has 0 unspecified atom stereocenters. The van der Waals surface area contributed by atoms with E-state index in [1.807, 2.05) is 12.1 Å². The minimum atomic E-state index is -0.218. The van der Waals surface area contributed by atoms with E-state index in [0.29, 0.717) is 24.0 Å². The van der Waals surface area contributed by atoms with Crippen LogP contribution in [0, 0.1) is 0 Å². The van der Waals surface area contributed by atoms with E-state index in [4.69, 9.17) is 0 Å². The molecule has 1 aromatic carbocycles. The number of hydrogen-bond donors (Lipinski definition) is 2. The van der Waals surface area contributed by atoms with Crippen LogP contribution in [-0.2, 0) is 11.3 Å². The van der Waals surface area contributed by atoms with Gasteiger partial charge in [-0.25, -0.2) is 5.10 Å². The predicted octanol–water partition coefficient (Wildman–Crippen LogP) is 1.71. The summed E-state index contributed by atoms with van der Waals surface area (Å²) in [7, 11) is 0. The maximum Gasteiger partial charge on any atom is 0.272 e. The molecule has 1 heterocycles. The lowest BCUT2D eigenvalue weighted by Gasteiger charge is -2.06. The molecular formula is C13H14BrN3O2. The van der Waals surface area contributed by atoms with Gasteiger partial charge in [-0.1, -0.05) is 34.1 Å². The third-order valence-electron chi connectivity index (χ3n) is 2.77. The van der Waals surface area contributed by atoms with Gasteiger partial charge in [0, 0.05) is 17.1 Å². The third kappa shape index (κ3) is 3.41. The minimum absolute atomic E-state index is 0.0171. The topological polar surface area (TPSA) is 74.8 Å². The highest BCUT2D eigenvalue weighted by Gasteiger charge is 2.07. The average molecular weight is 324 g/mol. The Bertz CT molecular complexity index is 639. The van der Waals surface area contributed by atoms with Gasteiger partial charge in [0.15, 0.2) is 0 Å². The molecule has 6 heteroatoms. The van der Waals surface area contributed by atoms with E-state index >= 15 is 0 Å². The first-order valence-corrected chi connectivity index (χ1v) is 7.13. The highest BCUT2D eigenvalue weighted by molar-refractivity contribution is 9.09. The first-order chi connectivity index (χ1) is 9.22. The molecule has 2 rings (SSSR count). The third-order valence-corrected chi connectivity index (χ3v) is 3.33. The molecule has 0 saturated carbocycles. The monoisotopic (exact) mass is 323 g/mol. The van der Waals surface area contributed by atoms with Crippen molar-refractivity contribution in [2.24, 2.45) is 0 Å². The van der Waals surface area contributed by atoms with E-state index in [1.54, 1.807) is 12.1 Å². The number of nitrogens with zero attached hydrogens (tertiary/aromatic N) is 1. The van der Waals surface area contributed by atoms with Crippen LogP contribution in [0.4, 0.5) is 0 Å². The zero-order valence-corrected chi connectivity index (χ0v) is 11.9. The Labute approximate surface area is 118 Å². The van der Waals surface area contributed by atoms with Crippen LogP contribution < -0.4 is 10.9 Å². The van der Waals surface area contributed by atoms with Gasteiger partial charge in [0.05, 0.1) is 17.6 Å². The van der Waals surface area contributed by atoms with Gasteiger partial charge in [0.2, 0.25) is 5.91 Å². The van der Waals surface area contributed by atoms with Crippen LogP contribution in [-0.4, -0.2) is 21.4 Å². The van der Waals surface area contributed by atoms with Gasteiger partial charge < -0.3 is 5.32 Å². The number of aromatic nitrogens is 2. The van der Waals surface area contributed by atoms with E-state index in [-0.39, 0.29) is 11.5 Å². The van der Waals surface area contributed by atoms with Crippen molar-refractivity contribution < 1.29 is 4.79 Å². The first kappa shape index (κ1) is 13.7. The van der Waals surface area contributed by atoms with Crippen molar-refractivity contribution in [1.29, 1.82) is 0 Å². The van der Waals surface area contributed by atoms with Gasteiger partial charge >= 0.3 is 0 Å². The Morgan fingerprint density at radius 2 is 2.05 bits per heavy atom. The molecule has 2 N–H and O–H groups in total. The lowest BCUT2D eigenvalue weighted by Crippen LogP contribution is -2.24. The Kier molecular flexibility index (Phi) is 4.68. The zero-order chi connectivity index (χ0) is 13.7. The van der Waals surface area contributed by atoms with Crippen molar-refractivity contribution in [2.75, 3.05) is 5.33 Å². The molecule has 0 saturated heterocycles. The van der Waals surface area contributed by atoms with Crippen LogP contribution in [0.2, 0.25) is 0 Å². The fourth-order valence-electron chi connectivity index (χ4n) is 1.80. The number of hydrogen-bond acceptors (Lipinski definition) is 3. The second kappa shape index (κ2) is 6.47. The molecule has 0 aliphatic heterocycles. The molecule has 100 valence electrons. The van der Waals surface area contributed by atoms with E-state index < -0.39 is 0 Å². The Hall–Kier alpha value is -1.69. The average Bonchev–Trinajstić information content (AvgIpc) is 2.45. The second-order valence-electron chi connectivity index (χ2n) is 4.11. The zero-order valence-electron chi connectivity index (χ0n) is 10.3. The number of nitrogens with one attached hydrogen (secondary N) is 2. The number of alkyl halides is 1. The SMILES string of the molecule is O=C(CCCBr)NCc1n[nH]c(=O)c2ccccc12. The fraction of sp³-hybridized carbons (Fsp3) is 0.308. The van der Waals surface area contributed by atoms with E-state index in [9.17, 15) is 9.59 Å². The first-order valence-electron chi connectivity index (χ1n) is 6.01. The molecule has 0 fully saturated rings. The number of halogens is 1.